The number of Topliss-reactive ketones (excluding diaryl/α,β-unsaturated/α-hetero) is 1. The molecular weight excluding hydrogens is 448 g/mol. The zero-order valence-electron chi connectivity index (χ0n) is 19.5. The zero-order chi connectivity index (χ0) is 24.7. The molecule has 1 atom stereocenters. The lowest BCUT2D eigenvalue weighted by molar-refractivity contribution is -0.140. The minimum Gasteiger partial charge on any atom is -0.507 e. The molecule has 4 aromatic rings. The van der Waals surface area contributed by atoms with Crippen molar-refractivity contribution in [1.29, 1.82) is 0 Å². The van der Waals surface area contributed by atoms with Crippen LogP contribution in [0, 0.1) is 6.92 Å². The maximum absolute atomic E-state index is 13.4. The second-order valence-corrected chi connectivity index (χ2v) is 8.28. The molecule has 0 aliphatic carbocycles. The quantitative estimate of drug-likeness (QED) is 0.239. The van der Waals surface area contributed by atoms with Crippen molar-refractivity contribution in [2.75, 3.05) is 14.2 Å². The molecule has 1 unspecified atom stereocenters. The van der Waals surface area contributed by atoms with Gasteiger partial charge in [-0.05, 0) is 37.3 Å². The van der Waals surface area contributed by atoms with Crippen LogP contribution in [-0.2, 0) is 16.1 Å². The van der Waals surface area contributed by atoms with Crippen molar-refractivity contribution in [1.82, 2.24) is 9.88 Å². The van der Waals surface area contributed by atoms with Gasteiger partial charge in [-0.1, -0.05) is 18.2 Å². The highest BCUT2D eigenvalue weighted by atomic mass is 16.5. The van der Waals surface area contributed by atoms with Crippen LogP contribution in [0.3, 0.4) is 0 Å². The van der Waals surface area contributed by atoms with Gasteiger partial charge in [0.2, 0.25) is 0 Å². The molecule has 2 N–H and O–H groups in total. The van der Waals surface area contributed by atoms with E-state index in [0.717, 1.165) is 22.2 Å². The molecule has 0 bridgehead atoms. The first-order valence-electron chi connectivity index (χ1n) is 11.0. The van der Waals surface area contributed by atoms with Crippen LogP contribution in [0.2, 0.25) is 0 Å². The van der Waals surface area contributed by atoms with E-state index in [9.17, 15) is 14.7 Å². The minimum absolute atomic E-state index is 0.0159. The molecule has 1 amide bonds. The predicted molar refractivity (Wildman–Crippen MR) is 129 cm³/mol. The van der Waals surface area contributed by atoms with Crippen molar-refractivity contribution in [3.8, 4) is 11.5 Å². The van der Waals surface area contributed by atoms with Crippen LogP contribution < -0.4 is 9.47 Å². The number of carbonyl (C=O) groups excluding carboxylic acids is 2. The number of aliphatic hydroxyl groups is 1. The van der Waals surface area contributed by atoms with Gasteiger partial charge < -0.3 is 28.9 Å². The fourth-order valence-electron chi connectivity index (χ4n) is 4.70. The molecule has 178 valence electrons. The summed E-state index contributed by atoms with van der Waals surface area (Å²) in [7, 11) is 2.98. The molecule has 0 spiro atoms. The smallest absolute Gasteiger partial charge is 0.296 e. The molecule has 35 heavy (non-hydrogen) atoms. The number of rotatable bonds is 6. The van der Waals surface area contributed by atoms with Crippen LogP contribution in [0.1, 0.15) is 28.6 Å². The number of H-pyrrole nitrogens is 1. The molecule has 0 radical (unpaired) electrons. The van der Waals surface area contributed by atoms with E-state index in [-0.39, 0.29) is 23.4 Å². The van der Waals surface area contributed by atoms with Crippen LogP contribution in [0.15, 0.2) is 70.9 Å². The van der Waals surface area contributed by atoms with E-state index in [0.29, 0.717) is 17.3 Å². The van der Waals surface area contributed by atoms with Gasteiger partial charge in [0.05, 0.1) is 44.2 Å². The molecule has 1 fully saturated rings. The van der Waals surface area contributed by atoms with E-state index in [1.54, 1.807) is 30.3 Å². The van der Waals surface area contributed by atoms with Gasteiger partial charge in [-0.2, -0.15) is 0 Å². The van der Waals surface area contributed by atoms with Crippen LogP contribution in [0.25, 0.3) is 16.7 Å². The van der Waals surface area contributed by atoms with E-state index in [2.05, 4.69) is 4.98 Å². The number of aromatic nitrogens is 1. The largest absolute Gasteiger partial charge is 0.507 e. The lowest BCUT2D eigenvalue weighted by atomic mass is 9.93. The number of nitrogens with one attached hydrogen (secondary N) is 1. The van der Waals surface area contributed by atoms with E-state index < -0.39 is 17.7 Å². The fraction of sp³-hybridized carbons (Fsp3) is 0.185. The van der Waals surface area contributed by atoms with Crippen molar-refractivity contribution < 1.29 is 28.6 Å². The number of carbonyl (C=O) groups is 2. The minimum atomic E-state index is -0.844. The number of furan rings is 1. The molecule has 8 heteroatoms. The predicted octanol–water partition coefficient (Wildman–Crippen LogP) is 4.71. The van der Waals surface area contributed by atoms with Crippen molar-refractivity contribution in [3.63, 3.8) is 0 Å². The third-order valence-corrected chi connectivity index (χ3v) is 6.33. The van der Waals surface area contributed by atoms with Crippen molar-refractivity contribution in [2.45, 2.75) is 19.5 Å². The fourth-order valence-corrected chi connectivity index (χ4v) is 4.70. The third-order valence-electron chi connectivity index (χ3n) is 6.33. The second-order valence-electron chi connectivity index (χ2n) is 8.28. The second kappa shape index (κ2) is 8.72. The number of fused-ring (bicyclic) bond motifs is 1. The van der Waals surface area contributed by atoms with Crippen LogP contribution in [0.4, 0.5) is 0 Å². The Bertz CT molecular complexity index is 1460. The lowest BCUT2D eigenvalue weighted by Crippen LogP contribution is -2.29. The van der Waals surface area contributed by atoms with Gasteiger partial charge in [0.15, 0.2) is 0 Å². The maximum Gasteiger partial charge on any atom is 0.296 e. The van der Waals surface area contributed by atoms with E-state index >= 15 is 0 Å². The number of para-hydroxylation sites is 1. The van der Waals surface area contributed by atoms with E-state index in [1.165, 1.54) is 25.4 Å². The molecule has 5 rings (SSSR count). The number of aryl methyl sites for hydroxylation is 1. The van der Waals surface area contributed by atoms with Gasteiger partial charge in [-0.25, -0.2) is 0 Å². The maximum atomic E-state index is 13.4. The summed E-state index contributed by atoms with van der Waals surface area (Å²) >= 11 is 0. The molecule has 1 aliphatic rings. The van der Waals surface area contributed by atoms with Gasteiger partial charge in [-0.3, -0.25) is 9.59 Å². The summed E-state index contributed by atoms with van der Waals surface area (Å²) in [5, 5.41) is 12.3. The van der Waals surface area contributed by atoms with Crippen molar-refractivity contribution >= 4 is 28.4 Å². The Labute approximate surface area is 201 Å². The topological polar surface area (TPSA) is 105 Å². The van der Waals surface area contributed by atoms with Gasteiger partial charge in [0.25, 0.3) is 11.7 Å². The molecule has 1 aliphatic heterocycles. The highest BCUT2D eigenvalue weighted by Gasteiger charge is 2.48. The number of likely N-dealkylation sites (tertiary alicyclic amines) is 1. The normalized spacial score (nSPS) is 17.3. The summed E-state index contributed by atoms with van der Waals surface area (Å²) in [5.41, 5.74) is 2.66. The Morgan fingerprint density at radius 3 is 2.60 bits per heavy atom. The molecule has 1 saturated heterocycles. The highest BCUT2D eigenvalue weighted by Crippen LogP contribution is 2.45. The third kappa shape index (κ3) is 3.63. The number of methoxy groups -OCH3 is 2. The van der Waals surface area contributed by atoms with Gasteiger partial charge >= 0.3 is 0 Å². The standard InChI is InChI=1S/C27H24N2O6/c1-15-22(18-8-4-5-9-20(18)28-15)24-23(25(30)19-11-10-16(33-2)13-21(19)34-3)26(31)27(32)29(24)14-17-7-6-12-35-17/h4-13,24,28,30H,14H2,1-3H3/b25-23+. The van der Waals surface area contributed by atoms with E-state index in [4.69, 9.17) is 13.9 Å². The van der Waals surface area contributed by atoms with Crippen LogP contribution >= 0.6 is 0 Å². The number of nitrogens with zero attached hydrogens (tertiary/aromatic N) is 1. The number of ketones is 1. The highest BCUT2D eigenvalue weighted by molar-refractivity contribution is 6.46. The first-order chi connectivity index (χ1) is 16.9. The summed E-state index contributed by atoms with van der Waals surface area (Å²) in [6, 6.07) is 15.1. The Morgan fingerprint density at radius 1 is 1.09 bits per heavy atom. The summed E-state index contributed by atoms with van der Waals surface area (Å²) in [6.07, 6.45) is 1.51. The molecule has 2 aromatic carbocycles. The Balaban J connectivity index is 1.76. The molecule has 2 aromatic heterocycles. The zero-order valence-corrected chi connectivity index (χ0v) is 19.5. The summed E-state index contributed by atoms with van der Waals surface area (Å²) in [6.45, 7) is 1.95. The van der Waals surface area contributed by atoms with Gasteiger partial charge in [-0.15, -0.1) is 0 Å². The molecule has 8 nitrogen and oxygen atoms in total. The Hall–Kier alpha value is -4.46. The van der Waals surface area contributed by atoms with Crippen LogP contribution in [0.5, 0.6) is 11.5 Å². The SMILES string of the molecule is COc1ccc(/C(O)=C2\C(=O)C(=O)N(Cc3ccco3)C2c2c(C)[nH]c3ccccc23)c(OC)c1. The number of aromatic amines is 1. The van der Waals surface area contributed by atoms with E-state index in [1.807, 2.05) is 31.2 Å². The summed E-state index contributed by atoms with van der Waals surface area (Å²) < 4.78 is 16.2. The number of ether oxygens (including phenoxy) is 2. The molecular formula is C27H24N2O6. The first kappa shape index (κ1) is 22.3. The van der Waals surface area contributed by atoms with Crippen molar-refractivity contribution in [3.05, 3.63) is 89.0 Å². The average molecular weight is 472 g/mol. The molecule has 3 heterocycles. The monoisotopic (exact) mass is 472 g/mol. The number of aliphatic hydroxyl groups excluding tert-OH is 1. The molecule has 0 saturated carbocycles. The average Bonchev–Trinajstić information content (AvgIpc) is 3.56. The number of hydrogen-bond donors (Lipinski definition) is 2. The first-order valence-corrected chi connectivity index (χ1v) is 11.0. The van der Waals surface area contributed by atoms with Crippen LogP contribution in [-0.4, -0.2) is 40.9 Å². The Morgan fingerprint density at radius 2 is 1.89 bits per heavy atom. The van der Waals surface area contributed by atoms with Crippen molar-refractivity contribution in [2.24, 2.45) is 0 Å². The summed E-state index contributed by atoms with van der Waals surface area (Å²) in [5.74, 6) is -0.447. The number of benzene rings is 2. The lowest BCUT2D eigenvalue weighted by Gasteiger charge is -2.25. The number of hydrogen-bond acceptors (Lipinski definition) is 6. The summed E-state index contributed by atoms with van der Waals surface area (Å²) in [4.78, 5) is 31.5. The van der Waals surface area contributed by atoms with Gasteiger partial charge in [0.1, 0.15) is 23.0 Å². The Kier molecular flexibility index (Phi) is 5.56. The van der Waals surface area contributed by atoms with Gasteiger partial charge in [0, 0.05) is 28.2 Å². The number of amides is 1.